The van der Waals surface area contributed by atoms with Crippen molar-refractivity contribution in [1.82, 2.24) is 10.2 Å². The molecule has 3 aromatic carbocycles. The Morgan fingerprint density at radius 2 is 1.46 bits per heavy atom. The molecular formula is C29H27N3O3. The van der Waals surface area contributed by atoms with E-state index in [1.165, 1.54) is 4.90 Å². The summed E-state index contributed by atoms with van der Waals surface area (Å²) in [6.07, 6.45) is 5.68. The van der Waals surface area contributed by atoms with Crippen LogP contribution in [0.15, 0.2) is 84.9 Å². The van der Waals surface area contributed by atoms with Gasteiger partial charge in [0, 0.05) is 11.8 Å². The number of hydrogen-bond acceptors (Lipinski definition) is 3. The predicted molar refractivity (Wildman–Crippen MR) is 134 cm³/mol. The van der Waals surface area contributed by atoms with Crippen LogP contribution in [0.2, 0.25) is 0 Å². The number of hydrogen-bond donors (Lipinski definition) is 2. The molecule has 5 unspecified atom stereocenters. The Bertz CT molecular complexity index is 1300. The molecule has 0 spiro atoms. The van der Waals surface area contributed by atoms with Crippen molar-refractivity contribution in [3.05, 3.63) is 90.5 Å². The monoisotopic (exact) mass is 465 g/mol. The predicted octanol–water partition coefficient (Wildman–Crippen LogP) is 4.73. The van der Waals surface area contributed by atoms with E-state index in [0.29, 0.717) is 12.1 Å². The van der Waals surface area contributed by atoms with Crippen molar-refractivity contribution in [3.63, 3.8) is 0 Å². The van der Waals surface area contributed by atoms with Crippen molar-refractivity contribution in [2.45, 2.75) is 25.4 Å². The van der Waals surface area contributed by atoms with E-state index in [-0.39, 0.29) is 35.5 Å². The van der Waals surface area contributed by atoms with Gasteiger partial charge in [0.1, 0.15) is 6.17 Å². The quantitative estimate of drug-likeness (QED) is 0.423. The number of urea groups is 1. The second kappa shape index (κ2) is 8.69. The van der Waals surface area contributed by atoms with Crippen LogP contribution in [0.3, 0.4) is 0 Å². The smallest absolute Gasteiger partial charge is 0.317 e. The lowest BCUT2D eigenvalue weighted by molar-refractivity contribution is -0.143. The van der Waals surface area contributed by atoms with E-state index >= 15 is 0 Å². The third kappa shape index (κ3) is 3.79. The van der Waals surface area contributed by atoms with Gasteiger partial charge in [0.05, 0.1) is 17.5 Å². The first-order valence-electron chi connectivity index (χ1n) is 12.2. The van der Waals surface area contributed by atoms with Crippen molar-refractivity contribution >= 4 is 34.3 Å². The number of likely N-dealkylation sites (tertiary alicyclic amines) is 1. The van der Waals surface area contributed by atoms with E-state index in [4.69, 9.17) is 0 Å². The number of allylic oxidation sites excluding steroid dienone is 2. The third-order valence-corrected chi connectivity index (χ3v) is 7.71. The van der Waals surface area contributed by atoms with E-state index in [1.54, 1.807) is 0 Å². The summed E-state index contributed by atoms with van der Waals surface area (Å²) in [6, 6.07) is 22.7. The van der Waals surface area contributed by atoms with Crippen LogP contribution in [0.4, 0.5) is 10.5 Å². The fourth-order valence-electron chi connectivity index (χ4n) is 6.09. The lowest BCUT2D eigenvalue weighted by Gasteiger charge is -2.38. The van der Waals surface area contributed by atoms with E-state index in [0.717, 1.165) is 29.2 Å². The first-order chi connectivity index (χ1) is 17.1. The van der Waals surface area contributed by atoms with Crippen LogP contribution in [-0.4, -0.2) is 28.9 Å². The highest BCUT2D eigenvalue weighted by atomic mass is 16.2. The van der Waals surface area contributed by atoms with E-state index in [9.17, 15) is 14.4 Å². The first-order valence-corrected chi connectivity index (χ1v) is 12.2. The molecule has 0 aromatic heterocycles. The molecule has 2 N–H and O–H groups in total. The summed E-state index contributed by atoms with van der Waals surface area (Å²) in [6.45, 7) is 0. The highest BCUT2D eigenvalue weighted by Gasteiger charge is 2.58. The molecule has 6 heteroatoms. The van der Waals surface area contributed by atoms with Gasteiger partial charge in [-0.2, -0.15) is 0 Å². The second-order valence-electron chi connectivity index (χ2n) is 9.72. The van der Waals surface area contributed by atoms with Gasteiger partial charge in [-0.25, -0.2) is 4.79 Å². The molecule has 4 aliphatic rings. The third-order valence-electron chi connectivity index (χ3n) is 7.71. The van der Waals surface area contributed by atoms with Crippen LogP contribution in [0.5, 0.6) is 0 Å². The molecule has 2 fully saturated rings. The molecule has 3 aromatic rings. The van der Waals surface area contributed by atoms with Crippen LogP contribution < -0.4 is 10.6 Å². The van der Waals surface area contributed by atoms with E-state index < -0.39 is 12.2 Å². The molecule has 176 valence electrons. The van der Waals surface area contributed by atoms with Crippen LogP contribution in [0.25, 0.3) is 10.8 Å². The summed E-state index contributed by atoms with van der Waals surface area (Å²) < 4.78 is 0. The zero-order valence-electron chi connectivity index (χ0n) is 19.3. The average Bonchev–Trinajstić information content (AvgIpc) is 3.17. The minimum absolute atomic E-state index is 0.105. The van der Waals surface area contributed by atoms with Crippen LogP contribution in [0, 0.1) is 23.7 Å². The first kappa shape index (κ1) is 21.6. The molecule has 1 saturated heterocycles. The zero-order chi connectivity index (χ0) is 23.9. The number of amides is 4. The molecule has 6 nitrogen and oxygen atoms in total. The van der Waals surface area contributed by atoms with Gasteiger partial charge in [-0.3, -0.25) is 14.5 Å². The van der Waals surface area contributed by atoms with Gasteiger partial charge in [-0.05, 0) is 41.7 Å². The molecule has 4 amide bonds. The Morgan fingerprint density at radius 3 is 2.14 bits per heavy atom. The van der Waals surface area contributed by atoms with Crippen LogP contribution in [0.1, 0.15) is 18.4 Å². The largest absolute Gasteiger partial charge is 0.320 e. The molecular weight excluding hydrogens is 438 g/mol. The molecule has 1 heterocycles. The minimum Gasteiger partial charge on any atom is -0.317 e. The fourth-order valence-corrected chi connectivity index (χ4v) is 6.09. The lowest BCUT2D eigenvalue weighted by Crippen LogP contribution is -2.53. The molecule has 2 bridgehead atoms. The van der Waals surface area contributed by atoms with Gasteiger partial charge >= 0.3 is 6.03 Å². The van der Waals surface area contributed by atoms with Crippen molar-refractivity contribution in [2.24, 2.45) is 23.7 Å². The number of anilines is 1. The number of benzene rings is 3. The summed E-state index contributed by atoms with van der Waals surface area (Å²) in [5, 5.41) is 7.83. The molecule has 7 rings (SSSR count). The lowest BCUT2D eigenvalue weighted by atomic mass is 9.63. The molecule has 3 aliphatic carbocycles. The number of imide groups is 1. The highest BCUT2D eigenvalue weighted by molar-refractivity contribution is 6.07. The standard InChI is InChI=1S/C29H27N3O3/c33-27-25-20-13-14-21(16-15-20)26(25)28(34)32(27)24(17-18-7-2-1-3-8-18)31-29(35)30-23-12-6-10-19-9-4-5-11-22(19)23/h1-14,20-21,24-26H,15-17H2,(H2,30,31,35). The summed E-state index contributed by atoms with van der Waals surface area (Å²) in [5.41, 5.74) is 1.62. The number of fused-ring (bicyclic) bond motifs is 2. The second-order valence-corrected chi connectivity index (χ2v) is 9.72. The Morgan fingerprint density at radius 1 is 0.829 bits per heavy atom. The van der Waals surface area contributed by atoms with Crippen LogP contribution in [-0.2, 0) is 16.0 Å². The van der Waals surface area contributed by atoms with E-state index in [2.05, 4.69) is 22.8 Å². The minimum atomic E-state index is -0.766. The summed E-state index contributed by atoms with van der Waals surface area (Å²) in [7, 11) is 0. The Balaban J connectivity index is 1.28. The Labute approximate surface area is 204 Å². The maximum atomic E-state index is 13.6. The topological polar surface area (TPSA) is 78.5 Å². The molecule has 35 heavy (non-hydrogen) atoms. The summed E-state index contributed by atoms with van der Waals surface area (Å²) in [4.78, 5) is 41.7. The number of carbonyl (C=O) groups is 3. The number of carbonyl (C=O) groups excluding carboxylic acids is 3. The van der Waals surface area contributed by atoms with Gasteiger partial charge in [-0.1, -0.05) is 78.9 Å². The Kier molecular flexibility index (Phi) is 5.36. The van der Waals surface area contributed by atoms with Gasteiger partial charge in [0.2, 0.25) is 11.8 Å². The molecule has 1 saturated carbocycles. The maximum Gasteiger partial charge on any atom is 0.320 e. The summed E-state index contributed by atoms with van der Waals surface area (Å²) >= 11 is 0. The highest BCUT2D eigenvalue weighted by Crippen LogP contribution is 2.50. The molecule has 1 aliphatic heterocycles. The van der Waals surface area contributed by atoms with E-state index in [1.807, 2.05) is 72.8 Å². The van der Waals surface area contributed by atoms with Gasteiger partial charge in [0.15, 0.2) is 0 Å². The Hall–Kier alpha value is -3.93. The van der Waals surface area contributed by atoms with Crippen molar-refractivity contribution in [3.8, 4) is 0 Å². The van der Waals surface area contributed by atoms with Gasteiger partial charge < -0.3 is 10.6 Å². The fraction of sp³-hybridized carbons (Fsp3) is 0.276. The maximum absolute atomic E-state index is 13.6. The van der Waals surface area contributed by atoms with Crippen molar-refractivity contribution < 1.29 is 14.4 Å². The average molecular weight is 466 g/mol. The van der Waals surface area contributed by atoms with Gasteiger partial charge in [-0.15, -0.1) is 0 Å². The zero-order valence-corrected chi connectivity index (χ0v) is 19.3. The summed E-state index contributed by atoms with van der Waals surface area (Å²) in [5.74, 6) is -0.738. The molecule has 5 atom stereocenters. The van der Waals surface area contributed by atoms with Crippen LogP contribution >= 0.6 is 0 Å². The number of nitrogens with one attached hydrogen (secondary N) is 2. The SMILES string of the molecule is O=C(Nc1cccc2ccccc12)NC(Cc1ccccc1)N1C(=O)C2C3C=CC(CC3)C2C1=O. The van der Waals surface area contributed by atoms with Gasteiger partial charge in [0.25, 0.3) is 0 Å². The molecule has 0 radical (unpaired) electrons. The van der Waals surface area contributed by atoms with Crippen molar-refractivity contribution in [2.75, 3.05) is 5.32 Å². The van der Waals surface area contributed by atoms with Crippen molar-refractivity contribution in [1.29, 1.82) is 0 Å². The normalized spacial score (nSPS) is 25.5. The number of rotatable bonds is 5. The number of nitrogens with zero attached hydrogens (tertiary/aromatic N) is 1.